The minimum atomic E-state index is 1.12. The lowest BCUT2D eigenvalue weighted by Gasteiger charge is -2.26. The molecule has 0 bridgehead atoms. The normalized spacial score (nSPS) is 11.7. The van der Waals surface area contributed by atoms with E-state index in [4.69, 9.17) is 0 Å². The Hall–Kier alpha value is -6.88. The maximum Gasteiger partial charge on any atom is 0.0628 e. The van der Waals surface area contributed by atoms with Gasteiger partial charge >= 0.3 is 0 Å². The highest BCUT2D eigenvalue weighted by Crippen LogP contribution is 2.42. The Morgan fingerprint density at radius 3 is 1.83 bits per heavy atom. The molecule has 0 atom stereocenters. The second-order valence-electron chi connectivity index (χ2n) is 13.8. The van der Waals surface area contributed by atoms with Gasteiger partial charge in [0.2, 0.25) is 0 Å². The van der Waals surface area contributed by atoms with E-state index in [0.29, 0.717) is 0 Å². The van der Waals surface area contributed by atoms with E-state index in [1.54, 1.807) is 0 Å². The van der Waals surface area contributed by atoms with E-state index in [1.807, 2.05) is 11.3 Å². The topological polar surface area (TPSA) is 13.1 Å². The first kappa shape index (κ1) is 30.7. The zero-order chi connectivity index (χ0) is 35.6. The molecule has 4 heteroatoms. The fraction of sp³-hybridized carbons (Fsp3) is 0. The van der Waals surface area contributed by atoms with E-state index < -0.39 is 0 Å². The van der Waals surface area contributed by atoms with Gasteiger partial charge in [0.05, 0.1) is 16.6 Å². The van der Waals surface area contributed by atoms with Gasteiger partial charge in [-0.05, 0) is 102 Å². The van der Waals surface area contributed by atoms with Crippen molar-refractivity contribution in [3.05, 3.63) is 200 Å². The monoisotopic (exact) mass is 707 g/mol. The third kappa shape index (κ3) is 4.88. The van der Waals surface area contributed by atoms with Gasteiger partial charge < -0.3 is 14.0 Å². The van der Waals surface area contributed by atoms with Crippen LogP contribution in [0.25, 0.3) is 75.4 Å². The van der Waals surface area contributed by atoms with Gasteiger partial charge in [-0.1, -0.05) is 103 Å². The summed E-state index contributed by atoms with van der Waals surface area (Å²) < 4.78 is 7.36. The summed E-state index contributed by atoms with van der Waals surface area (Å²) in [5, 5.41) is 6.36. The summed E-state index contributed by atoms with van der Waals surface area (Å²) in [5.74, 6) is 0. The molecule has 0 unspecified atom stereocenters. The van der Waals surface area contributed by atoms with Crippen LogP contribution in [0.1, 0.15) is 0 Å². The average molecular weight is 708 g/mol. The van der Waals surface area contributed by atoms with Gasteiger partial charge in [-0.2, -0.15) is 0 Å². The summed E-state index contributed by atoms with van der Waals surface area (Å²) >= 11 is 1.85. The summed E-state index contributed by atoms with van der Waals surface area (Å²) in [6, 6.07) is 70.3. The molecule has 0 radical (unpaired) electrons. The van der Waals surface area contributed by atoms with Gasteiger partial charge in [-0.15, -0.1) is 11.3 Å². The summed E-state index contributed by atoms with van der Waals surface area (Å²) in [7, 11) is 0. The molecule has 3 heterocycles. The number of anilines is 3. The van der Waals surface area contributed by atoms with Crippen molar-refractivity contribution in [2.24, 2.45) is 0 Å². The zero-order valence-electron chi connectivity index (χ0n) is 29.3. The van der Waals surface area contributed by atoms with Crippen LogP contribution in [-0.4, -0.2) is 9.13 Å². The van der Waals surface area contributed by atoms with Gasteiger partial charge in [0.15, 0.2) is 0 Å². The van der Waals surface area contributed by atoms with Crippen LogP contribution in [0.3, 0.4) is 0 Å². The molecule has 0 N–H and O–H groups in total. The Balaban J connectivity index is 0.967. The van der Waals surface area contributed by atoms with Crippen LogP contribution < -0.4 is 4.90 Å². The molecule has 0 aliphatic rings. The Bertz CT molecular complexity index is 3130. The van der Waals surface area contributed by atoms with Crippen LogP contribution in [0, 0.1) is 0 Å². The van der Waals surface area contributed by atoms with Crippen molar-refractivity contribution < 1.29 is 0 Å². The molecule has 11 rings (SSSR count). The summed E-state index contributed by atoms with van der Waals surface area (Å²) in [4.78, 5) is 2.35. The molecule has 8 aromatic carbocycles. The third-order valence-electron chi connectivity index (χ3n) is 10.7. The van der Waals surface area contributed by atoms with Crippen LogP contribution >= 0.6 is 11.3 Å². The average Bonchev–Trinajstić information content (AvgIpc) is 3.94. The van der Waals surface area contributed by atoms with Crippen LogP contribution in [-0.2, 0) is 0 Å². The first-order chi connectivity index (χ1) is 26.8. The number of rotatable bonds is 6. The number of hydrogen-bond acceptors (Lipinski definition) is 2. The molecule has 0 spiro atoms. The fourth-order valence-electron chi connectivity index (χ4n) is 8.25. The smallest absolute Gasteiger partial charge is 0.0628 e. The predicted molar refractivity (Wildman–Crippen MR) is 231 cm³/mol. The van der Waals surface area contributed by atoms with E-state index in [9.17, 15) is 0 Å². The van der Waals surface area contributed by atoms with Crippen LogP contribution in [0.4, 0.5) is 17.1 Å². The number of para-hydroxylation sites is 3. The maximum absolute atomic E-state index is 2.38. The minimum absolute atomic E-state index is 1.12. The highest BCUT2D eigenvalue weighted by molar-refractivity contribution is 7.25. The number of benzene rings is 8. The maximum atomic E-state index is 2.38. The van der Waals surface area contributed by atoms with Crippen LogP contribution in [0.15, 0.2) is 200 Å². The van der Waals surface area contributed by atoms with Gasteiger partial charge in [-0.3, -0.25) is 0 Å². The van der Waals surface area contributed by atoms with Crippen molar-refractivity contribution in [2.45, 2.75) is 0 Å². The molecule has 3 aromatic heterocycles. The molecule has 0 saturated carbocycles. The quantitative estimate of drug-likeness (QED) is 0.168. The molecule has 0 amide bonds. The highest BCUT2D eigenvalue weighted by atomic mass is 32.1. The Kier molecular flexibility index (Phi) is 7.04. The molecular formula is C50H33N3S. The molecule has 54 heavy (non-hydrogen) atoms. The number of nitrogens with zero attached hydrogens (tertiary/aromatic N) is 3. The lowest BCUT2D eigenvalue weighted by atomic mass is 10.0. The van der Waals surface area contributed by atoms with Crippen molar-refractivity contribution in [3.63, 3.8) is 0 Å². The second kappa shape index (κ2) is 12.4. The summed E-state index contributed by atoms with van der Waals surface area (Å²) in [5.41, 5.74) is 11.7. The van der Waals surface area contributed by atoms with Crippen LogP contribution in [0.5, 0.6) is 0 Å². The molecule has 0 aliphatic carbocycles. The first-order valence-electron chi connectivity index (χ1n) is 18.3. The van der Waals surface area contributed by atoms with Gasteiger partial charge in [0, 0.05) is 71.0 Å². The first-order valence-corrected chi connectivity index (χ1v) is 19.2. The Morgan fingerprint density at radius 2 is 1.04 bits per heavy atom. The van der Waals surface area contributed by atoms with Crippen molar-refractivity contribution in [1.82, 2.24) is 9.13 Å². The van der Waals surface area contributed by atoms with E-state index >= 15 is 0 Å². The Labute approximate surface area is 316 Å². The van der Waals surface area contributed by atoms with E-state index in [-0.39, 0.29) is 0 Å². The van der Waals surface area contributed by atoms with Gasteiger partial charge in [-0.25, -0.2) is 0 Å². The Morgan fingerprint density at radius 1 is 0.407 bits per heavy atom. The van der Waals surface area contributed by atoms with Crippen LogP contribution in [0.2, 0.25) is 0 Å². The molecule has 0 aliphatic heterocycles. The van der Waals surface area contributed by atoms with Crippen molar-refractivity contribution in [1.29, 1.82) is 0 Å². The molecule has 3 nitrogen and oxygen atoms in total. The summed E-state index contributed by atoms with van der Waals surface area (Å²) in [6.45, 7) is 0. The molecule has 11 aromatic rings. The lowest BCUT2D eigenvalue weighted by molar-refractivity contribution is 1.13. The number of fused-ring (bicyclic) bond motifs is 8. The van der Waals surface area contributed by atoms with E-state index in [0.717, 1.165) is 22.7 Å². The van der Waals surface area contributed by atoms with E-state index in [1.165, 1.54) is 69.7 Å². The lowest BCUT2D eigenvalue weighted by Crippen LogP contribution is -2.09. The SMILES string of the molecule is c1ccc(N(c2ccc(-c3ccc(-n4ccc5ccc6c(c7ccccc7n6-c6ccccc6)c54)cc3)cc2)c2ccc3sc4ccccc4c3c2)cc1. The summed E-state index contributed by atoms with van der Waals surface area (Å²) in [6.07, 6.45) is 2.21. The number of thiophene rings is 1. The van der Waals surface area contributed by atoms with Crippen molar-refractivity contribution in [2.75, 3.05) is 4.90 Å². The van der Waals surface area contributed by atoms with Crippen molar-refractivity contribution >= 4 is 81.3 Å². The molecule has 0 saturated heterocycles. The predicted octanol–water partition coefficient (Wildman–Crippen LogP) is 14.2. The third-order valence-corrected chi connectivity index (χ3v) is 11.9. The van der Waals surface area contributed by atoms with Crippen molar-refractivity contribution in [3.8, 4) is 22.5 Å². The highest BCUT2D eigenvalue weighted by Gasteiger charge is 2.18. The standard InChI is InChI=1S/C50H33N3S/c1-3-11-38(12-4-1)52(41-28-30-48-44(33-41)42-15-8-10-18-47(42)54-48)40-26-21-35(22-27-40)34-19-24-37(25-20-34)51-32-31-36-23-29-46-49(50(36)51)43-16-7-9-17-45(43)53(46)39-13-5-2-6-14-39/h1-33H. The number of aromatic nitrogens is 2. The molecule has 0 fully saturated rings. The zero-order valence-corrected chi connectivity index (χ0v) is 30.1. The van der Waals surface area contributed by atoms with E-state index in [2.05, 4.69) is 214 Å². The van der Waals surface area contributed by atoms with Gasteiger partial charge in [0.25, 0.3) is 0 Å². The molecular weight excluding hydrogens is 675 g/mol. The number of hydrogen-bond donors (Lipinski definition) is 0. The molecule has 254 valence electrons. The fourth-order valence-corrected chi connectivity index (χ4v) is 9.33. The minimum Gasteiger partial charge on any atom is -0.316 e. The second-order valence-corrected chi connectivity index (χ2v) is 14.9. The van der Waals surface area contributed by atoms with Gasteiger partial charge in [0.1, 0.15) is 0 Å². The largest absolute Gasteiger partial charge is 0.316 e.